The number of carbonyl (C=O) groups excluding carboxylic acids is 1. The fourth-order valence-electron chi connectivity index (χ4n) is 0.956. The first-order valence-corrected chi connectivity index (χ1v) is 5.36. The van der Waals surface area contributed by atoms with Crippen molar-refractivity contribution in [3.63, 3.8) is 0 Å². The van der Waals surface area contributed by atoms with Gasteiger partial charge in [-0.1, -0.05) is 22.0 Å². The molecule has 1 aromatic carbocycles. The topological polar surface area (TPSA) is 38.3 Å². The van der Waals surface area contributed by atoms with E-state index in [9.17, 15) is 4.79 Å². The molecule has 0 aliphatic heterocycles. The number of benzene rings is 1. The van der Waals surface area contributed by atoms with E-state index in [0.717, 1.165) is 10.2 Å². The lowest BCUT2D eigenvalue weighted by molar-refractivity contribution is -0.112. The highest BCUT2D eigenvalue weighted by Crippen LogP contribution is 2.15. The van der Waals surface area contributed by atoms with Crippen molar-refractivity contribution < 1.29 is 9.53 Å². The van der Waals surface area contributed by atoms with Crippen LogP contribution in [0.15, 0.2) is 41.1 Å². The molecule has 0 aliphatic rings. The molecular weight excluding hydrogens is 258 g/mol. The van der Waals surface area contributed by atoms with Crippen LogP contribution in [0.1, 0.15) is 6.92 Å². The molecule has 1 rings (SSSR count). The molecule has 0 radical (unpaired) electrons. The number of halogens is 1. The quantitative estimate of drug-likeness (QED) is 0.674. The molecule has 0 bridgehead atoms. The molecule has 0 saturated heterocycles. The number of rotatable bonds is 4. The molecule has 0 unspecified atom stereocenters. The molecule has 1 aromatic rings. The summed E-state index contributed by atoms with van der Waals surface area (Å²) in [6.07, 6.45) is 2.73. The van der Waals surface area contributed by atoms with Crippen molar-refractivity contribution in [1.29, 1.82) is 0 Å². The Morgan fingerprint density at radius 3 is 3.07 bits per heavy atom. The van der Waals surface area contributed by atoms with Gasteiger partial charge >= 0.3 is 0 Å². The summed E-state index contributed by atoms with van der Waals surface area (Å²) in [5.74, 6) is -0.207. The third-order valence-corrected chi connectivity index (χ3v) is 2.07. The van der Waals surface area contributed by atoms with Crippen LogP contribution >= 0.6 is 15.9 Å². The van der Waals surface area contributed by atoms with Crippen molar-refractivity contribution in [1.82, 2.24) is 0 Å². The van der Waals surface area contributed by atoms with E-state index in [1.807, 2.05) is 31.2 Å². The van der Waals surface area contributed by atoms with Crippen molar-refractivity contribution in [3.8, 4) is 0 Å². The molecule has 0 heterocycles. The third kappa shape index (κ3) is 4.65. The minimum atomic E-state index is -0.207. The molecule has 0 aromatic heterocycles. The zero-order valence-electron chi connectivity index (χ0n) is 8.37. The lowest BCUT2D eigenvalue weighted by Gasteiger charge is -2.01. The maximum absolute atomic E-state index is 11.3. The van der Waals surface area contributed by atoms with Crippen LogP contribution in [-0.2, 0) is 9.53 Å². The Bertz CT molecular complexity index is 363. The predicted octanol–water partition coefficient (Wildman–Crippen LogP) is 2.94. The Hall–Kier alpha value is -1.29. The summed E-state index contributed by atoms with van der Waals surface area (Å²) in [7, 11) is 0. The molecule has 3 nitrogen and oxygen atoms in total. The van der Waals surface area contributed by atoms with Gasteiger partial charge in [-0.3, -0.25) is 4.79 Å². The fourth-order valence-corrected chi connectivity index (χ4v) is 1.36. The highest BCUT2D eigenvalue weighted by Gasteiger charge is 1.97. The normalized spacial score (nSPS) is 10.3. The van der Waals surface area contributed by atoms with Gasteiger partial charge in [0.25, 0.3) is 5.91 Å². The van der Waals surface area contributed by atoms with Gasteiger partial charge in [0.1, 0.15) is 0 Å². The molecule has 0 saturated carbocycles. The zero-order valence-corrected chi connectivity index (χ0v) is 9.95. The number of nitrogens with one attached hydrogen (secondary N) is 1. The van der Waals surface area contributed by atoms with Crippen molar-refractivity contribution in [2.45, 2.75) is 6.92 Å². The van der Waals surface area contributed by atoms with Crippen LogP contribution < -0.4 is 5.32 Å². The summed E-state index contributed by atoms with van der Waals surface area (Å²) >= 11 is 3.32. The summed E-state index contributed by atoms with van der Waals surface area (Å²) < 4.78 is 5.84. The number of hydrogen-bond acceptors (Lipinski definition) is 2. The average Bonchev–Trinajstić information content (AvgIpc) is 2.18. The van der Waals surface area contributed by atoms with Crippen LogP contribution in [0.5, 0.6) is 0 Å². The maximum atomic E-state index is 11.3. The van der Waals surface area contributed by atoms with Gasteiger partial charge in [-0.05, 0) is 25.1 Å². The third-order valence-electron chi connectivity index (χ3n) is 1.57. The second kappa shape index (κ2) is 6.24. The molecule has 1 N–H and O–H groups in total. The minimum absolute atomic E-state index is 0.207. The van der Waals surface area contributed by atoms with Gasteiger partial charge < -0.3 is 10.1 Å². The Kier molecular flexibility index (Phi) is 4.90. The molecule has 80 valence electrons. The van der Waals surface area contributed by atoms with Crippen LogP contribution in [0, 0.1) is 0 Å². The van der Waals surface area contributed by atoms with E-state index in [0.29, 0.717) is 6.61 Å². The van der Waals surface area contributed by atoms with Crippen LogP contribution in [0.25, 0.3) is 0 Å². The molecule has 15 heavy (non-hydrogen) atoms. The van der Waals surface area contributed by atoms with Gasteiger partial charge in [0, 0.05) is 16.2 Å². The molecule has 0 aliphatic carbocycles. The van der Waals surface area contributed by atoms with Crippen molar-refractivity contribution in [2.75, 3.05) is 11.9 Å². The molecule has 0 atom stereocenters. The SMILES string of the molecule is CCOC=CC(=O)Nc1cccc(Br)c1. The van der Waals surface area contributed by atoms with Crippen LogP contribution in [0.4, 0.5) is 5.69 Å². The van der Waals surface area contributed by atoms with Gasteiger partial charge in [-0.2, -0.15) is 0 Å². The highest BCUT2D eigenvalue weighted by molar-refractivity contribution is 9.10. The largest absolute Gasteiger partial charge is 0.501 e. The number of carbonyl (C=O) groups is 1. The summed E-state index contributed by atoms with van der Waals surface area (Å²) in [5, 5.41) is 2.71. The van der Waals surface area contributed by atoms with Gasteiger partial charge in [0.2, 0.25) is 0 Å². The predicted molar refractivity (Wildman–Crippen MR) is 63.5 cm³/mol. The Morgan fingerprint density at radius 1 is 1.60 bits per heavy atom. The average molecular weight is 270 g/mol. The second-order valence-electron chi connectivity index (χ2n) is 2.76. The number of anilines is 1. The zero-order chi connectivity index (χ0) is 11.1. The van der Waals surface area contributed by atoms with Crippen LogP contribution in [-0.4, -0.2) is 12.5 Å². The number of amides is 1. The highest BCUT2D eigenvalue weighted by atomic mass is 79.9. The van der Waals surface area contributed by atoms with E-state index in [-0.39, 0.29) is 5.91 Å². The lowest BCUT2D eigenvalue weighted by Crippen LogP contribution is -2.07. The van der Waals surface area contributed by atoms with Gasteiger partial charge in [-0.25, -0.2) is 0 Å². The number of ether oxygens (including phenoxy) is 1. The Balaban J connectivity index is 2.51. The summed E-state index contributed by atoms with van der Waals surface area (Å²) in [6.45, 7) is 2.41. The molecule has 4 heteroatoms. The fraction of sp³-hybridized carbons (Fsp3) is 0.182. The van der Waals surface area contributed by atoms with E-state index < -0.39 is 0 Å². The van der Waals surface area contributed by atoms with E-state index in [2.05, 4.69) is 21.2 Å². The molecular formula is C11H12BrNO2. The van der Waals surface area contributed by atoms with Crippen molar-refractivity contribution >= 4 is 27.5 Å². The van der Waals surface area contributed by atoms with Crippen molar-refractivity contribution in [2.24, 2.45) is 0 Å². The molecule has 0 spiro atoms. The summed E-state index contributed by atoms with van der Waals surface area (Å²) in [4.78, 5) is 11.3. The summed E-state index contributed by atoms with van der Waals surface area (Å²) in [6, 6.07) is 7.39. The number of hydrogen-bond donors (Lipinski definition) is 1. The summed E-state index contributed by atoms with van der Waals surface area (Å²) in [5.41, 5.74) is 0.746. The molecule has 0 fully saturated rings. The van der Waals surface area contributed by atoms with E-state index in [1.165, 1.54) is 12.3 Å². The Labute approximate surface area is 97.3 Å². The first-order valence-electron chi connectivity index (χ1n) is 4.57. The standard InChI is InChI=1S/C11H12BrNO2/c1-2-15-7-6-11(14)13-10-5-3-4-9(12)8-10/h3-8H,2H2,1H3,(H,13,14). The second-order valence-corrected chi connectivity index (χ2v) is 3.67. The maximum Gasteiger partial charge on any atom is 0.251 e. The van der Waals surface area contributed by atoms with Gasteiger partial charge in [-0.15, -0.1) is 0 Å². The smallest absolute Gasteiger partial charge is 0.251 e. The van der Waals surface area contributed by atoms with Crippen LogP contribution in [0.3, 0.4) is 0 Å². The first kappa shape index (κ1) is 11.8. The minimum Gasteiger partial charge on any atom is -0.501 e. The van der Waals surface area contributed by atoms with E-state index in [1.54, 1.807) is 0 Å². The van der Waals surface area contributed by atoms with E-state index in [4.69, 9.17) is 4.74 Å². The van der Waals surface area contributed by atoms with Gasteiger partial charge in [0.05, 0.1) is 12.9 Å². The Morgan fingerprint density at radius 2 is 2.40 bits per heavy atom. The van der Waals surface area contributed by atoms with E-state index >= 15 is 0 Å². The van der Waals surface area contributed by atoms with Gasteiger partial charge in [0.15, 0.2) is 0 Å². The molecule has 1 amide bonds. The van der Waals surface area contributed by atoms with Crippen LogP contribution in [0.2, 0.25) is 0 Å². The van der Waals surface area contributed by atoms with Crippen molar-refractivity contribution in [3.05, 3.63) is 41.1 Å². The monoisotopic (exact) mass is 269 g/mol. The lowest BCUT2D eigenvalue weighted by atomic mass is 10.3. The first-order chi connectivity index (χ1) is 7.22.